The summed E-state index contributed by atoms with van der Waals surface area (Å²) in [6.45, 7) is 5.04. The van der Waals surface area contributed by atoms with E-state index in [-0.39, 0.29) is 17.6 Å². The molecule has 134 valence electrons. The highest BCUT2D eigenvalue weighted by atomic mass is 32.2. The normalized spacial score (nSPS) is 20.8. The van der Waals surface area contributed by atoms with Gasteiger partial charge in [-0.2, -0.15) is 0 Å². The molecule has 1 aliphatic heterocycles. The average Bonchev–Trinajstić information content (AvgIpc) is 2.73. The topological polar surface area (TPSA) is 54.5 Å². The summed E-state index contributed by atoms with van der Waals surface area (Å²) in [5, 5.41) is -0.493. The predicted octanol–water partition coefficient (Wildman–Crippen LogP) is 3.59. The molecule has 1 aliphatic rings. The van der Waals surface area contributed by atoms with Crippen molar-refractivity contribution in [2.24, 2.45) is 5.92 Å². The van der Waals surface area contributed by atoms with Crippen LogP contribution in [-0.2, 0) is 14.6 Å². The third-order valence-electron chi connectivity index (χ3n) is 4.85. The fourth-order valence-electron chi connectivity index (χ4n) is 3.55. The third-order valence-corrected chi connectivity index (χ3v) is 6.97. The third kappa shape index (κ3) is 4.59. The van der Waals surface area contributed by atoms with Crippen LogP contribution in [0.15, 0.2) is 30.3 Å². The van der Waals surface area contributed by atoms with Crippen molar-refractivity contribution in [1.82, 2.24) is 4.90 Å². The number of carbonyl (C=O) groups is 1. The van der Waals surface area contributed by atoms with Crippen LogP contribution in [0.3, 0.4) is 0 Å². The lowest BCUT2D eigenvalue weighted by Crippen LogP contribution is -2.38. The Hall–Kier alpha value is -1.36. The lowest BCUT2D eigenvalue weighted by atomic mass is 9.96. The Kier molecular flexibility index (Phi) is 6.84. The predicted molar refractivity (Wildman–Crippen MR) is 97.5 cm³/mol. The number of nitrogens with zero attached hydrogens (tertiary/aromatic N) is 1. The molecular formula is C19H29NO3S. The van der Waals surface area contributed by atoms with E-state index >= 15 is 0 Å². The van der Waals surface area contributed by atoms with E-state index in [0.717, 1.165) is 31.2 Å². The molecule has 1 saturated heterocycles. The zero-order valence-corrected chi connectivity index (χ0v) is 15.6. The first-order chi connectivity index (χ1) is 11.5. The van der Waals surface area contributed by atoms with Crippen LogP contribution in [0, 0.1) is 5.92 Å². The number of sulfone groups is 1. The van der Waals surface area contributed by atoms with Gasteiger partial charge in [0.15, 0.2) is 9.84 Å². The van der Waals surface area contributed by atoms with Crippen LogP contribution < -0.4 is 0 Å². The van der Waals surface area contributed by atoms with Crippen LogP contribution in [0.4, 0.5) is 0 Å². The van der Waals surface area contributed by atoms with Crippen molar-refractivity contribution >= 4 is 15.7 Å². The second kappa shape index (κ2) is 8.65. The summed E-state index contributed by atoms with van der Waals surface area (Å²) in [6, 6.07) is 9.38. The van der Waals surface area contributed by atoms with E-state index in [1.807, 2.05) is 30.3 Å². The minimum atomic E-state index is -3.22. The molecule has 0 bridgehead atoms. The van der Waals surface area contributed by atoms with Gasteiger partial charge in [-0.1, -0.05) is 57.0 Å². The van der Waals surface area contributed by atoms with Crippen molar-refractivity contribution in [3.8, 4) is 0 Å². The van der Waals surface area contributed by atoms with Crippen molar-refractivity contribution < 1.29 is 13.2 Å². The summed E-state index contributed by atoms with van der Waals surface area (Å²) in [5.41, 5.74) is 0.838. The van der Waals surface area contributed by atoms with Crippen LogP contribution >= 0.6 is 0 Å². The first-order valence-corrected chi connectivity index (χ1v) is 10.8. The van der Waals surface area contributed by atoms with E-state index < -0.39 is 15.1 Å². The van der Waals surface area contributed by atoms with Crippen LogP contribution in [0.5, 0.6) is 0 Å². The highest BCUT2D eigenvalue weighted by Gasteiger charge is 2.33. The van der Waals surface area contributed by atoms with Gasteiger partial charge >= 0.3 is 0 Å². The Morgan fingerprint density at radius 3 is 2.33 bits per heavy atom. The fraction of sp³-hybridized carbons (Fsp3) is 0.632. The summed E-state index contributed by atoms with van der Waals surface area (Å²) in [5.74, 6) is 0.238. The van der Waals surface area contributed by atoms with E-state index in [4.69, 9.17) is 0 Å². The molecule has 0 aliphatic carbocycles. The van der Waals surface area contributed by atoms with Crippen LogP contribution in [0.25, 0.3) is 0 Å². The molecule has 1 heterocycles. The standard InChI is InChI=1S/C19H29NO3S/c1-3-8-17(9-4-2)19(21)20-13-12-18(24(22,23)15-14-20)16-10-6-5-7-11-16/h5-7,10-11,17-18H,3-4,8-9,12-15H2,1-2H3. The first kappa shape index (κ1) is 19.0. The number of carbonyl (C=O) groups excluding carboxylic acids is 1. The minimum absolute atomic E-state index is 0.0379. The van der Waals surface area contributed by atoms with Crippen LogP contribution in [0.2, 0.25) is 0 Å². The van der Waals surface area contributed by atoms with E-state index in [1.54, 1.807) is 4.90 Å². The van der Waals surface area contributed by atoms with Gasteiger partial charge in [0, 0.05) is 19.0 Å². The maximum atomic E-state index is 12.8. The summed E-state index contributed by atoms with van der Waals surface area (Å²) in [7, 11) is -3.22. The Balaban J connectivity index is 2.14. The minimum Gasteiger partial charge on any atom is -0.341 e. The summed E-state index contributed by atoms with van der Waals surface area (Å²) in [6.07, 6.45) is 4.23. The van der Waals surface area contributed by atoms with Gasteiger partial charge in [0.25, 0.3) is 0 Å². The molecule has 0 N–H and O–H groups in total. The first-order valence-electron chi connectivity index (χ1n) is 9.04. The Labute approximate surface area is 146 Å². The molecular weight excluding hydrogens is 322 g/mol. The number of hydrogen-bond donors (Lipinski definition) is 0. The highest BCUT2D eigenvalue weighted by molar-refractivity contribution is 7.91. The molecule has 0 radical (unpaired) electrons. The molecule has 5 heteroatoms. The molecule has 1 aromatic carbocycles. The van der Waals surface area contributed by atoms with Crippen molar-refractivity contribution in [2.45, 2.75) is 51.2 Å². The lowest BCUT2D eigenvalue weighted by molar-refractivity contribution is -0.135. The Morgan fingerprint density at radius 1 is 1.12 bits per heavy atom. The van der Waals surface area contributed by atoms with Crippen molar-refractivity contribution in [1.29, 1.82) is 0 Å². The van der Waals surface area contributed by atoms with E-state index in [0.29, 0.717) is 19.5 Å². The molecule has 4 nitrogen and oxygen atoms in total. The summed E-state index contributed by atoms with van der Waals surface area (Å²) < 4.78 is 25.3. The molecule has 0 spiro atoms. The van der Waals surface area contributed by atoms with E-state index in [9.17, 15) is 13.2 Å². The summed E-state index contributed by atoms with van der Waals surface area (Å²) in [4.78, 5) is 14.6. The van der Waals surface area contributed by atoms with Gasteiger partial charge in [-0.3, -0.25) is 4.79 Å². The highest BCUT2D eigenvalue weighted by Crippen LogP contribution is 2.30. The maximum absolute atomic E-state index is 12.8. The van der Waals surface area contributed by atoms with Crippen molar-refractivity contribution in [3.63, 3.8) is 0 Å². The largest absolute Gasteiger partial charge is 0.341 e. The van der Waals surface area contributed by atoms with Gasteiger partial charge in [0.2, 0.25) is 5.91 Å². The average molecular weight is 352 g/mol. The zero-order valence-electron chi connectivity index (χ0n) is 14.8. The molecule has 1 amide bonds. The van der Waals surface area contributed by atoms with Gasteiger partial charge in [0.1, 0.15) is 0 Å². The molecule has 1 unspecified atom stereocenters. The Bertz CT molecular complexity index is 621. The van der Waals surface area contributed by atoms with Gasteiger partial charge in [-0.25, -0.2) is 8.42 Å². The summed E-state index contributed by atoms with van der Waals surface area (Å²) >= 11 is 0. The molecule has 1 atom stereocenters. The number of benzene rings is 1. The van der Waals surface area contributed by atoms with E-state index in [1.165, 1.54) is 0 Å². The quantitative estimate of drug-likeness (QED) is 0.787. The number of rotatable bonds is 6. The molecule has 1 fully saturated rings. The number of hydrogen-bond acceptors (Lipinski definition) is 3. The second-order valence-corrected chi connectivity index (χ2v) is 8.96. The van der Waals surface area contributed by atoms with Crippen LogP contribution in [0.1, 0.15) is 56.8 Å². The maximum Gasteiger partial charge on any atom is 0.225 e. The lowest BCUT2D eigenvalue weighted by Gasteiger charge is -2.25. The fourth-order valence-corrected chi connectivity index (χ4v) is 5.35. The monoisotopic (exact) mass is 351 g/mol. The SMILES string of the molecule is CCCC(CCC)C(=O)N1CCC(c2ccccc2)S(=O)(=O)CC1. The zero-order chi connectivity index (χ0) is 17.6. The van der Waals surface area contributed by atoms with Crippen molar-refractivity contribution in [3.05, 3.63) is 35.9 Å². The molecule has 24 heavy (non-hydrogen) atoms. The molecule has 1 aromatic rings. The van der Waals surface area contributed by atoms with Gasteiger partial charge < -0.3 is 4.90 Å². The molecule has 0 aromatic heterocycles. The van der Waals surface area contributed by atoms with E-state index in [2.05, 4.69) is 13.8 Å². The smallest absolute Gasteiger partial charge is 0.225 e. The number of amides is 1. The molecule has 2 rings (SSSR count). The van der Waals surface area contributed by atoms with Crippen molar-refractivity contribution in [2.75, 3.05) is 18.8 Å². The van der Waals surface area contributed by atoms with Gasteiger partial charge in [-0.15, -0.1) is 0 Å². The van der Waals surface area contributed by atoms with Gasteiger partial charge in [0.05, 0.1) is 11.0 Å². The molecule has 0 saturated carbocycles. The second-order valence-electron chi connectivity index (χ2n) is 6.65. The van der Waals surface area contributed by atoms with Crippen LogP contribution in [-0.4, -0.2) is 38.1 Å². The Morgan fingerprint density at radius 2 is 1.75 bits per heavy atom. The van der Waals surface area contributed by atoms with Gasteiger partial charge in [-0.05, 0) is 24.8 Å².